The highest BCUT2D eigenvalue weighted by Gasteiger charge is 2.22. The summed E-state index contributed by atoms with van der Waals surface area (Å²) in [7, 11) is 0. The first-order valence-electron chi connectivity index (χ1n) is 9.41. The van der Waals surface area contributed by atoms with E-state index in [4.69, 9.17) is 4.74 Å². The van der Waals surface area contributed by atoms with E-state index in [-0.39, 0.29) is 11.9 Å². The van der Waals surface area contributed by atoms with Gasteiger partial charge in [-0.2, -0.15) is 0 Å². The topological polar surface area (TPSA) is 55.4 Å². The average Bonchev–Trinajstić information content (AvgIpc) is 3.07. The molecule has 0 radical (unpaired) electrons. The van der Waals surface area contributed by atoms with Crippen molar-refractivity contribution in [1.82, 2.24) is 5.32 Å². The predicted molar refractivity (Wildman–Crippen MR) is 100 cm³/mol. The van der Waals surface area contributed by atoms with Gasteiger partial charge in [0.1, 0.15) is 4.88 Å². The van der Waals surface area contributed by atoms with Crippen LogP contribution >= 0.6 is 11.3 Å². The molecule has 1 amide bonds. The van der Waals surface area contributed by atoms with Crippen molar-refractivity contribution in [3.05, 3.63) is 33.0 Å². The Morgan fingerprint density at radius 3 is 2.76 bits per heavy atom. The van der Waals surface area contributed by atoms with Crippen LogP contribution in [0.1, 0.15) is 72.0 Å². The largest absolute Gasteiger partial charge is 0.448 e. The lowest BCUT2D eigenvalue weighted by Crippen LogP contribution is -2.36. The van der Waals surface area contributed by atoms with Gasteiger partial charge in [0.25, 0.3) is 5.91 Å². The van der Waals surface area contributed by atoms with Gasteiger partial charge in [-0.15, -0.1) is 11.3 Å². The minimum absolute atomic E-state index is 0.217. The molecule has 25 heavy (non-hydrogen) atoms. The Morgan fingerprint density at radius 1 is 1.20 bits per heavy atom. The standard InChI is InChI=1S/C20H27NO3S/c1-14(19(22)21-12-11-15-7-3-2-4-8-15)24-20(23)18-13-16-9-5-6-10-17(16)25-18/h7,13-14H,2-6,8-12H2,1H3,(H,21,22)/t14-/m0/s1. The second-order valence-corrected chi connectivity index (χ2v) is 8.10. The van der Waals surface area contributed by atoms with E-state index in [0.29, 0.717) is 11.4 Å². The quantitative estimate of drug-likeness (QED) is 0.611. The molecule has 0 unspecified atom stereocenters. The van der Waals surface area contributed by atoms with Gasteiger partial charge in [-0.1, -0.05) is 11.6 Å². The summed E-state index contributed by atoms with van der Waals surface area (Å²) in [6.45, 7) is 2.25. The third-order valence-corrected chi connectivity index (χ3v) is 6.20. The maximum atomic E-state index is 12.3. The molecule has 0 saturated heterocycles. The number of carbonyl (C=O) groups is 2. The number of ether oxygens (including phenoxy) is 1. The lowest BCUT2D eigenvalue weighted by Gasteiger charge is -2.15. The van der Waals surface area contributed by atoms with Crippen LogP contribution in [0.15, 0.2) is 17.7 Å². The first-order valence-corrected chi connectivity index (χ1v) is 10.2. The van der Waals surface area contributed by atoms with Crippen molar-refractivity contribution in [2.45, 2.75) is 70.8 Å². The minimum Gasteiger partial charge on any atom is -0.448 e. The molecule has 0 bridgehead atoms. The molecule has 0 aliphatic heterocycles. The molecule has 1 atom stereocenters. The van der Waals surface area contributed by atoms with Gasteiger partial charge in [0.15, 0.2) is 6.10 Å². The van der Waals surface area contributed by atoms with Gasteiger partial charge in [-0.05, 0) is 76.3 Å². The summed E-state index contributed by atoms with van der Waals surface area (Å²) in [6, 6.07) is 1.95. The van der Waals surface area contributed by atoms with Crippen molar-refractivity contribution >= 4 is 23.2 Å². The number of hydrogen-bond acceptors (Lipinski definition) is 4. The molecular formula is C20H27NO3S. The van der Waals surface area contributed by atoms with E-state index in [1.54, 1.807) is 6.92 Å². The van der Waals surface area contributed by atoms with Gasteiger partial charge in [-0.25, -0.2) is 4.79 Å². The summed E-state index contributed by atoms with van der Waals surface area (Å²) < 4.78 is 5.36. The van der Waals surface area contributed by atoms with Crippen LogP contribution in [-0.4, -0.2) is 24.5 Å². The number of allylic oxidation sites excluding steroid dienone is 1. The number of amides is 1. The molecule has 5 heteroatoms. The second-order valence-electron chi connectivity index (χ2n) is 6.96. The molecule has 0 fully saturated rings. The first kappa shape index (κ1) is 18.2. The van der Waals surface area contributed by atoms with Crippen LogP contribution in [0.3, 0.4) is 0 Å². The molecule has 0 aromatic carbocycles. The van der Waals surface area contributed by atoms with Crippen molar-refractivity contribution in [3.8, 4) is 0 Å². The number of aryl methyl sites for hydroxylation is 2. The van der Waals surface area contributed by atoms with E-state index in [1.165, 1.54) is 53.0 Å². The number of nitrogens with one attached hydrogen (secondary N) is 1. The highest BCUT2D eigenvalue weighted by Crippen LogP contribution is 2.30. The highest BCUT2D eigenvalue weighted by atomic mass is 32.1. The van der Waals surface area contributed by atoms with Gasteiger partial charge in [0.2, 0.25) is 0 Å². The van der Waals surface area contributed by atoms with Crippen LogP contribution in [0, 0.1) is 0 Å². The van der Waals surface area contributed by atoms with E-state index in [1.807, 2.05) is 6.07 Å². The van der Waals surface area contributed by atoms with Crippen LogP contribution in [0.4, 0.5) is 0 Å². The molecule has 3 rings (SSSR count). The normalized spacial score (nSPS) is 18.0. The van der Waals surface area contributed by atoms with Crippen molar-refractivity contribution in [2.75, 3.05) is 6.54 Å². The molecule has 0 saturated carbocycles. The minimum atomic E-state index is -0.757. The molecule has 2 aliphatic carbocycles. The van der Waals surface area contributed by atoms with Crippen molar-refractivity contribution in [2.24, 2.45) is 0 Å². The zero-order valence-electron chi connectivity index (χ0n) is 14.9. The lowest BCUT2D eigenvalue weighted by molar-refractivity contribution is -0.129. The molecule has 0 spiro atoms. The molecule has 2 aliphatic rings. The highest BCUT2D eigenvalue weighted by molar-refractivity contribution is 7.14. The Balaban J connectivity index is 1.45. The number of carbonyl (C=O) groups excluding carboxylic acids is 2. The lowest BCUT2D eigenvalue weighted by atomic mass is 9.97. The van der Waals surface area contributed by atoms with Gasteiger partial charge >= 0.3 is 5.97 Å². The number of esters is 1. The number of thiophene rings is 1. The monoisotopic (exact) mass is 361 g/mol. The van der Waals surface area contributed by atoms with E-state index in [9.17, 15) is 9.59 Å². The maximum absolute atomic E-state index is 12.3. The number of fused-ring (bicyclic) bond motifs is 1. The van der Waals surface area contributed by atoms with Crippen LogP contribution in [0.25, 0.3) is 0 Å². The van der Waals surface area contributed by atoms with Crippen LogP contribution in [0.2, 0.25) is 0 Å². The third kappa shape index (κ3) is 4.94. The molecule has 1 aromatic heterocycles. The van der Waals surface area contributed by atoms with Crippen molar-refractivity contribution in [3.63, 3.8) is 0 Å². The van der Waals surface area contributed by atoms with Gasteiger partial charge in [-0.3, -0.25) is 4.79 Å². The summed E-state index contributed by atoms with van der Waals surface area (Å²) in [5, 5.41) is 2.88. The fourth-order valence-corrected chi connectivity index (χ4v) is 4.62. The molecule has 4 nitrogen and oxygen atoms in total. The first-order chi connectivity index (χ1) is 12.1. The fraction of sp³-hybridized carbons (Fsp3) is 0.600. The summed E-state index contributed by atoms with van der Waals surface area (Å²) in [4.78, 5) is 26.4. The summed E-state index contributed by atoms with van der Waals surface area (Å²) in [6.07, 6.45) is 11.7. The van der Waals surface area contributed by atoms with Crippen LogP contribution < -0.4 is 5.32 Å². The molecule has 1 N–H and O–H groups in total. The Kier molecular flexibility index (Phi) is 6.29. The SMILES string of the molecule is C[C@H](OC(=O)c1cc2c(s1)CCCC2)C(=O)NCCC1=CCCCC1. The van der Waals surface area contributed by atoms with Gasteiger partial charge in [0, 0.05) is 11.4 Å². The van der Waals surface area contributed by atoms with Crippen LogP contribution in [-0.2, 0) is 22.4 Å². The van der Waals surface area contributed by atoms with Gasteiger partial charge < -0.3 is 10.1 Å². The van der Waals surface area contributed by atoms with E-state index in [0.717, 1.165) is 32.1 Å². The number of hydrogen-bond donors (Lipinski definition) is 1. The summed E-state index contributed by atoms with van der Waals surface area (Å²) in [5.41, 5.74) is 2.71. The molecule has 1 heterocycles. The van der Waals surface area contributed by atoms with Crippen molar-refractivity contribution < 1.29 is 14.3 Å². The summed E-state index contributed by atoms with van der Waals surface area (Å²) >= 11 is 1.52. The second kappa shape index (κ2) is 8.65. The predicted octanol–water partition coefficient (Wildman–Crippen LogP) is 4.18. The molecule has 136 valence electrons. The summed E-state index contributed by atoms with van der Waals surface area (Å²) in [5.74, 6) is -0.594. The molecule has 1 aromatic rings. The van der Waals surface area contributed by atoms with E-state index >= 15 is 0 Å². The van der Waals surface area contributed by atoms with Crippen molar-refractivity contribution in [1.29, 1.82) is 0 Å². The van der Waals surface area contributed by atoms with E-state index < -0.39 is 6.10 Å². The Bertz CT molecular complexity index is 638. The zero-order valence-corrected chi connectivity index (χ0v) is 15.8. The Labute approximate surface area is 153 Å². The van der Waals surface area contributed by atoms with Gasteiger partial charge in [0.05, 0.1) is 0 Å². The van der Waals surface area contributed by atoms with E-state index in [2.05, 4.69) is 11.4 Å². The Morgan fingerprint density at radius 2 is 2.00 bits per heavy atom. The fourth-order valence-electron chi connectivity index (χ4n) is 3.49. The smallest absolute Gasteiger partial charge is 0.349 e. The number of rotatable bonds is 6. The zero-order chi connectivity index (χ0) is 17.6. The molecular weight excluding hydrogens is 334 g/mol. The van der Waals surface area contributed by atoms with Crippen LogP contribution in [0.5, 0.6) is 0 Å². The maximum Gasteiger partial charge on any atom is 0.349 e. The third-order valence-electron chi connectivity index (χ3n) is 4.98. The average molecular weight is 362 g/mol. The Hall–Kier alpha value is -1.62.